The van der Waals surface area contributed by atoms with Crippen molar-refractivity contribution in [2.24, 2.45) is 0 Å². The van der Waals surface area contributed by atoms with Crippen molar-refractivity contribution in [3.8, 4) is 0 Å². The Morgan fingerprint density at radius 3 is 2.89 bits per heavy atom. The van der Waals surface area contributed by atoms with Crippen LogP contribution in [0.3, 0.4) is 0 Å². The normalized spacial score (nSPS) is 14.1. The zero-order chi connectivity index (χ0) is 13.1. The van der Waals surface area contributed by atoms with Gasteiger partial charge in [-0.05, 0) is 25.0 Å². The van der Waals surface area contributed by atoms with Crippen LogP contribution in [-0.2, 0) is 6.54 Å². The van der Waals surface area contributed by atoms with Gasteiger partial charge >= 0.3 is 6.03 Å². The van der Waals surface area contributed by atoms with Crippen molar-refractivity contribution in [3.05, 3.63) is 41.7 Å². The Morgan fingerprint density at radius 2 is 2.26 bits per heavy atom. The molecule has 0 radical (unpaired) electrons. The number of nitrogens with one attached hydrogen (secondary N) is 1. The van der Waals surface area contributed by atoms with Crippen LogP contribution < -0.4 is 5.32 Å². The van der Waals surface area contributed by atoms with E-state index in [1.807, 2.05) is 28.5 Å². The van der Waals surface area contributed by atoms with E-state index in [0.717, 1.165) is 18.5 Å². The number of carbonyl (C=O) groups is 1. The van der Waals surface area contributed by atoms with E-state index in [1.54, 1.807) is 12.4 Å². The molecule has 0 spiro atoms. The van der Waals surface area contributed by atoms with E-state index in [-0.39, 0.29) is 6.03 Å². The van der Waals surface area contributed by atoms with Gasteiger partial charge in [0.25, 0.3) is 0 Å². The van der Waals surface area contributed by atoms with Gasteiger partial charge in [-0.2, -0.15) is 0 Å². The molecule has 1 aliphatic carbocycles. The van der Waals surface area contributed by atoms with E-state index >= 15 is 0 Å². The Morgan fingerprint density at radius 1 is 1.37 bits per heavy atom. The predicted octanol–water partition coefficient (Wildman–Crippen LogP) is 2.73. The van der Waals surface area contributed by atoms with Crippen LogP contribution in [-0.4, -0.2) is 26.9 Å². The minimum atomic E-state index is -0.0943. The summed E-state index contributed by atoms with van der Waals surface area (Å²) in [6, 6.07) is 5.99. The third-order valence-corrected chi connectivity index (χ3v) is 3.64. The van der Waals surface area contributed by atoms with Gasteiger partial charge in [-0.25, -0.2) is 9.78 Å². The fourth-order valence-electron chi connectivity index (χ4n) is 1.87. The summed E-state index contributed by atoms with van der Waals surface area (Å²) in [5, 5.41) is 5.31. The fraction of sp³-hybridized carbons (Fsp3) is 0.308. The molecule has 1 fully saturated rings. The number of aromatic nitrogens is 2. The lowest BCUT2D eigenvalue weighted by atomic mass is 10.3. The molecule has 1 aliphatic rings. The van der Waals surface area contributed by atoms with E-state index in [4.69, 9.17) is 0 Å². The number of hydrogen-bond acceptors (Lipinski definition) is 4. The summed E-state index contributed by atoms with van der Waals surface area (Å²) in [7, 11) is 0. The highest BCUT2D eigenvalue weighted by Crippen LogP contribution is 2.28. The van der Waals surface area contributed by atoms with Crippen molar-refractivity contribution in [1.82, 2.24) is 14.9 Å². The van der Waals surface area contributed by atoms with Gasteiger partial charge in [0.1, 0.15) is 0 Å². The van der Waals surface area contributed by atoms with Gasteiger partial charge in [0.2, 0.25) is 0 Å². The first-order valence-corrected chi connectivity index (χ1v) is 7.08. The van der Waals surface area contributed by atoms with Crippen LogP contribution in [0.15, 0.2) is 36.0 Å². The van der Waals surface area contributed by atoms with Gasteiger partial charge in [0, 0.05) is 23.8 Å². The van der Waals surface area contributed by atoms with Crippen LogP contribution in [0.5, 0.6) is 0 Å². The summed E-state index contributed by atoms with van der Waals surface area (Å²) in [5.41, 5.74) is 0.906. The standard InChI is InChI=1S/C13H14N4OS/c18-13(16-12-15-7-8-19-12)17(11-4-5-11)9-10-3-1-2-6-14-10/h1-3,6-8,11H,4-5,9H2,(H,15,16,18). The molecule has 2 aromatic heterocycles. The SMILES string of the molecule is O=C(Nc1nccs1)N(Cc1ccccn1)C1CC1. The first kappa shape index (κ1) is 12.1. The highest BCUT2D eigenvalue weighted by molar-refractivity contribution is 7.13. The van der Waals surface area contributed by atoms with Gasteiger partial charge in [0.15, 0.2) is 5.13 Å². The van der Waals surface area contributed by atoms with Crippen LogP contribution in [0.2, 0.25) is 0 Å². The maximum Gasteiger partial charge on any atom is 0.324 e. The number of hydrogen-bond donors (Lipinski definition) is 1. The summed E-state index contributed by atoms with van der Waals surface area (Å²) in [6.07, 6.45) is 5.57. The molecule has 6 heteroatoms. The van der Waals surface area contributed by atoms with Crippen LogP contribution in [0.1, 0.15) is 18.5 Å². The zero-order valence-corrected chi connectivity index (χ0v) is 11.1. The minimum Gasteiger partial charge on any atom is -0.316 e. The molecule has 98 valence electrons. The average molecular weight is 274 g/mol. The maximum absolute atomic E-state index is 12.3. The quantitative estimate of drug-likeness (QED) is 0.932. The van der Waals surface area contributed by atoms with E-state index < -0.39 is 0 Å². The van der Waals surface area contributed by atoms with Crippen molar-refractivity contribution in [3.63, 3.8) is 0 Å². The average Bonchev–Trinajstić information content (AvgIpc) is 3.15. The van der Waals surface area contributed by atoms with Gasteiger partial charge in [-0.3, -0.25) is 10.3 Å². The Bertz CT molecular complexity index is 539. The fourth-order valence-corrected chi connectivity index (χ4v) is 2.39. The second-order valence-corrected chi connectivity index (χ2v) is 5.34. The maximum atomic E-state index is 12.3. The molecular weight excluding hydrogens is 260 g/mol. The molecule has 2 aromatic rings. The molecule has 0 atom stereocenters. The second-order valence-electron chi connectivity index (χ2n) is 4.45. The number of rotatable bonds is 4. The number of amides is 2. The summed E-state index contributed by atoms with van der Waals surface area (Å²) >= 11 is 1.42. The third kappa shape index (κ3) is 3.08. The molecular formula is C13H14N4OS. The van der Waals surface area contributed by atoms with Crippen LogP contribution >= 0.6 is 11.3 Å². The lowest BCUT2D eigenvalue weighted by Gasteiger charge is -2.21. The van der Waals surface area contributed by atoms with Crippen molar-refractivity contribution in [2.75, 3.05) is 5.32 Å². The molecule has 2 heterocycles. The minimum absolute atomic E-state index is 0.0943. The first-order chi connectivity index (χ1) is 9.33. The van der Waals surface area contributed by atoms with Crippen molar-refractivity contribution >= 4 is 22.5 Å². The smallest absolute Gasteiger partial charge is 0.316 e. The van der Waals surface area contributed by atoms with E-state index in [9.17, 15) is 4.79 Å². The summed E-state index contributed by atoms with van der Waals surface area (Å²) in [5.74, 6) is 0. The molecule has 2 amide bonds. The molecule has 0 aliphatic heterocycles. The number of nitrogens with zero attached hydrogens (tertiary/aromatic N) is 3. The monoisotopic (exact) mass is 274 g/mol. The highest BCUT2D eigenvalue weighted by atomic mass is 32.1. The van der Waals surface area contributed by atoms with Gasteiger partial charge < -0.3 is 4.90 Å². The molecule has 1 saturated carbocycles. The molecule has 0 bridgehead atoms. The lowest BCUT2D eigenvalue weighted by molar-refractivity contribution is 0.205. The summed E-state index contributed by atoms with van der Waals surface area (Å²) in [6.45, 7) is 0.544. The molecule has 3 rings (SSSR count). The van der Waals surface area contributed by atoms with E-state index in [1.165, 1.54) is 11.3 Å². The van der Waals surface area contributed by atoms with Crippen LogP contribution in [0, 0.1) is 0 Å². The Kier molecular flexibility index (Phi) is 3.41. The predicted molar refractivity (Wildman–Crippen MR) is 73.9 cm³/mol. The Balaban J connectivity index is 1.69. The summed E-state index contributed by atoms with van der Waals surface area (Å²) in [4.78, 5) is 22.4. The number of thiazole rings is 1. The van der Waals surface area contributed by atoms with Crippen molar-refractivity contribution < 1.29 is 4.79 Å². The molecule has 0 saturated heterocycles. The van der Waals surface area contributed by atoms with E-state index in [2.05, 4.69) is 15.3 Å². The second kappa shape index (κ2) is 5.36. The number of anilines is 1. The first-order valence-electron chi connectivity index (χ1n) is 6.20. The van der Waals surface area contributed by atoms with Crippen LogP contribution in [0.25, 0.3) is 0 Å². The molecule has 0 unspecified atom stereocenters. The Labute approximate surface area is 115 Å². The van der Waals surface area contributed by atoms with Gasteiger partial charge in [-0.15, -0.1) is 11.3 Å². The molecule has 0 aromatic carbocycles. The summed E-state index contributed by atoms with van der Waals surface area (Å²) < 4.78 is 0. The molecule has 1 N–H and O–H groups in total. The zero-order valence-electron chi connectivity index (χ0n) is 10.3. The topological polar surface area (TPSA) is 58.1 Å². The highest BCUT2D eigenvalue weighted by Gasteiger charge is 2.33. The van der Waals surface area contributed by atoms with Gasteiger partial charge in [0.05, 0.1) is 12.2 Å². The number of carbonyl (C=O) groups excluding carboxylic acids is 1. The van der Waals surface area contributed by atoms with Crippen molar-refractivity contribution in [2.45, 2.75) is 25.4 Å². The largest absolute Gasteiger partial charge is 0.324 e. The van der Waals surface area contributed by atoms with Gasteiger partial charge in [-0.1, -0.05) is 6.07 Å². The molecule has 5 nitrogen and oxygen atoms in total. The molecule has 19 heavy (non-hydrogen) atoms. The lowest BCUT2D eigenvalue weighted by Crippen LogP contribution is -2.36. The number of pyridine rings is 1. The third-order valence-electron chi connectivity index (χ3n) is 2.95. The number of urea groups is 1. The Hall–Kier alpha value is -1.95. The van der Waals surface area contributed by atoms with Crippen molar-refractivity contribution in [1.29, 1.82) is 0 Å². The van der Waals surface area contributed by atoms with E-state index in [0.29, 0.717) is 17.7 Å². The van der Waals surface area contributed by atoms with Crippen LogP contribution in [0.4, 0.5) is 9.93 Å².